The summed E-state index contributed by atoms with van der Waals surface area (Å²) in [6.45, 7) is 0. The van der Waals surface area contributed by atoms with Crippen LogP contribution in [0.4, 0.5) is 0 Å². The van der Waals surface area contributed by atoms with Gasteiger partial charge in [-0.15, -0.1) is 0 Å². The van der Waals surface area contributed by atoms with E-state index in [-0.39, 0.29) is 5.41 Å². The van der Waals surface area contributed by atoms with E-state index in [0.29, 0.717) is 6.10 Å². The van der Waals surface area contributed by atoms with Crippen molar-refractivity contribution in [3.05, 3.63) is 71.8 Å². The van der Waals surface area contributed by atoms with Gasteiger partial charge in [-0.05, 0) is 17.5 Å². The number of ether oxygens (including phenoxy) is 1. The minimum Gasteiger partial charge on any atom is -0.380 e. The van der Waals surface area contributed by atoms with E-state index in [1.54, 1.807) is 7.11 Å². The molecule has 0 radical (unpaired) electrons. The normalized spacial score (nSPS) is 21.1. The highest BCUT2D eigenvalue weighted by Crippen LogP contribution is 2.54. The molecule has 0 aromatic heterocycles. The lowest BCUT2D eigenvalue weighted by molar-refractivity contribution is 0.168. The number of methoxy groups -OCH3 is 1. The summed E-state index contributed by atoms with van der Waals surface area (Å²) in [6.07, 6.45) is 1.39. The van der Waals surface area contributed by atoms with E-state index in [1.165, 1.54) is 11.1 Å². The summed E-state index contributed by atoms with van der Waals surface area (Å²) >= 11 is 0. The topological polar surface area (TPSA) is 9.23 Å². The highest BCUT2D eigenvalue weighted by molar-refractivity contribution is 5.48. The molecule has 1 aliphatic carbocycles. The maximum absolute atomic E-state index is 5.59. The molecule has 1 fully saturated rings. The Morgan fingerprint density at radius 1 is 0.882 bits per heavy atom. The lowest BCUT2D eigenvalue weighted by atomic mass is 9.87. The van der Waals surface area contributed by atoms with Crippen LogP contribution in [-0.2, 0) is 10.2 Å². The molecule has 0 aliphatic heterocycles. The number of rotatable bonds is 3. The van der Waals surface area contributed by atoms with Gasteiger partial charge in [0.1, 0.15) is 0 Å². The van der Waals surface area contributed by atoms with Crippen molar-refractivity contribution in [1.82, 2.24) is 0 Å². The highest BCUT2D eigenvalue weighted by atomic mass is 16.5. The highest BCUT2D eigenvalue weighted by Gasteiger charge is 2.57. The first-order valence-electron chi connectivity index (χ1n) is 6.02. The summed E-state index contributed by atoms with van der Waals surface area (Å²) in [5.74, 6) is 0. The Morgan fingerprint density at radius 3 is 1.71 bits per heavy atom. The van der Waals surface area contributed by atoms with Crippen molar-refractivity contribution in [3.8, 4) is 0 Å². The van der Waals surface area contributed by atoms with Crippen molar-refractivity contribution in [2.24, 2.45) is 0 Å². The second-order valence-corrected chi connectivity index (χ2v) is 4.63. The summed E-state index contributed by atoms with van der Waals surface area (Å²) in [5, 5.41) is 0. The summed E-state index contributed by atoms with van der Waals surface area (Å²) < 4.78 is 5.59. The monoisotopic (exact) mass is 224 g/mol. The Hall–Kier alpha value is -1.60. The van der Waals surface area contributed by atoms with Crippen LogP contribution in [0.15, 0.2) is 60.7 Å². The molecule has 3 rings (SSSR count). The van der Waals surface area contributed by atoms with E-state index in [4.69, 9.17) is 4.74 Å². The molecule has 2 aromatic rings. The van der Waals surface area contributed by atoms with Gasteiger partial charge in [-0.2, -0.15) is 0 Å². The molecular formula is C16H16O. The van der Waals surface area contributed by atoms with E-state index < -0.39 is 0 Å². The average molecular weight is 224 g/mol. The first-order chi connectivity index (χ1) is 8.38. The molecule has 0 bridgehead atoms. The predicted molar refractivity (Wildman–Crippen MR) is 69.1 cm³/mol. The zero-order chi connectivity index (χ0) is 11.7. The molecular weight excluding hydrogens is 208 g/mol. The first kappa shape index (κ1) is 10.5. The van der Waals surface area contributed by atoms with Crippen LogP contribution in [0.1, 0.15) is 17.5 Å². The van der Waals surface area contributed by atoms with Gasteiger partial charge >= 0.3 is 0 Å². The Kier molecular flexibility index (Phi) is 2.49. The Balaban J connectivity index is 2.08. The van der Waals surface area contributed by atoms with Crippen molar-refractivity contribution in [2.75, 3.05) is 7.11 Å². The molecule has 1 nitrogen and oxygen atoms in total. The van der Waals surface area contributed by atoms with Crippen LogP contribution >= 0.6 is 0 Å². The van der Waals surface area contributed by atoms with Crippen LogP contribution in [0, 0.1) is 0 Å². The van der Waals surface area contributed by atoms with E-state index in [2.05, 4.69) is 60.7 Å². The Morgan fingerprint density at radius 2 is 1.35 bits per heavy atom. The van der Waals surface area contributed by atoms with E-state index in [1.807, 2.05) is 0 Å². The van der Waals surface area contributed by atoms with Gasteiger partial charge in [0.15, 0.2) is 0 Å². The van der Waals surface area contributed by atoms with Crippen molar-refractivity contribution in [1.29, 1.82) is 0 Å². The van der Waals surface area contributed by atoms with Crippen LogP contribution in [0.5, 0.6) is 0 Å². The van der Waals surface area contributed by atoms with E-state index in [9.17, 15) is 0 Å². The molecule has 86 valence electrons. The van der Waals surface area contributed by atoms with Gasteiger partial charge in [0, 0.05) is 12.5 Å². The fourth-order valence-corrected chi connectivity index (χ4v) is 2.76. The van der Waals surface area contributed by atoms with E-state index in [0.717, 1.165) is 6.42 Å². The molecule has 1 heteroatoms. The summed E-state index contributed by atoms with van der Waals surface area (Å²) in [5.41, 5.74) is 2.80. The lowest BCUT2D eigenvalue weighted by Crippen LogP contribution is -2.15. The third kappa shape index (κ3) is 1.58. The van der Waals surface area contributed by atoms with Crippen LogP contribution in [0.2, 0.25) is 0 Å². The zero-order valence-electron chi connectivity index (χ0n) is 9.97. The fraction of sp³-hybridized carbons (Fsp3) is 0.250. The fourth-order valence-electron chi connectivity index (χ4n) is 2.76. The minimum atomic E-state index is 0.0806. The molecule has 17 heavy (non-hydrogen) atoms. The first-order valence-corrected chi connectivity index (χ1v) is 6.02. The van der Waals surface area contributed by atoms with Gasteiger partial charge in [-0.1, -0.05) is 60.7 Å². The number of benzene rings is 2. The maximum Gasteiger partial charge on any atom is 0.0722 e. The zero-order valence-corrected chi connectivity index (χ0v) is 9.97. The minimum absolute atomic E-state index is 0.0806. The third-order valence-corrected chi connectivity index (χ3v) is 3.76. The van der Waals surface area contributed by atoms with Gasteiger partial charge in [0.05, 0.1) is 6.10 Å². The second-order valence-electron chi connectivity index (χ2n) is 4.63. The summed E-state index contributed by atoms with van der Waals surface area (Å²) in [6, 6.07) is 21.3. The van der Waals surface area contributed by atoms with Crippen LogP contribution in [0.3, 0.4) is 0 Å². The Bertz CT molecular complexity index is 450. The quantitative estimate of drug-likeness (QED) is 0.776. The second kappa shape index (κ2) is 4.01. The van der Waals surface area contributed by atoms with Crippen molar-refractivity contribution in [3.63, 3.8) is 0 Å². The largest absolute Gasteiger partial charge is 0.380 e. The molecule has 1 saturated carbocycles. The summed E-state index contributed by atoms with van der Waals surface area (Å²) in [4.78, 5) is 0. The maximum atomic E-state index is 5.59. The lowest BCUT2D eigenvalue weighted by Gasteiger charge is -2.18. The van der Waals surface area contributed by atoms with Crippen molar-refractivity contribution in [2.45, 2.75) is 17.9 Å². The van der Waals surface area contributed by atoms with Gasteiger partial charge in [0.25, 0.3) is 0 Å². The molecule has 0 spiro atoms. The molecule has 2 aromatic carbocycles. The van der Waals surface area contributed by atoms with Crippen LogP contribution in [0.25, 0.3) is 0 Å². The van der Waals surface area contributed by atoms with Crippen molar-refractivity contribution < 1.29 is 4.74 Å². The molecule has 0 saturated heterocycles. The average Bonchev–Trinajstić information content (AvgIpc) is 3.17. The SMILES string of the molecule is CO[C@H]1CC1(c1ccccc1)c1ccccc1. The van der Waals surface area contributed by atoms with Gasteiger partial charge in [0.2, 0.25) is 0 Å². The molecule has 0 heterocycles. The molecule has 0 amide bonds. The number of hydrogen-bond donors (Lipinski definition) is 0. The molecule has 1 atom stereocenters. The molecule has 0 N–H and O–H groups in total. The van der Waals surface area contributed by atoms with Gasteiger partial charge in [-0.25, -0.2) is 0 Å². The van der Waals surface area contributed by atoms with E-state index >= 15 is 0 Å². The summed E-state index contributed by atoms with van der Waals surface area (Å²) in [7, 11) is 1.80. The molecule has 0 unspecified atom stereocenters. The Labute approximate surface area is 102 Å². The van der Waals surface area contributed by atoms with Crippen LogP contribution < -0.4 is 0 Å². The smallest absolute Gasteiger partial charge is 0.0722 e. The van der Waals surface area contributed by atoms with Gasteiger partial charge in [-0.3, -0.25) is 0 Å². The standard InChI is InChI=1S/C16H16O/c1-17-15-12-16(15,13-8-4-2-5-9-13)14-10-6-3-7-11-14/h2-11,15H,12H2,1H3/t15-/m0/s1. The van der Waals surface area contributed by atoms with Crippen LogP contribution in [-0.4, -0.2) is 13.2 Å². The van der Waals surface area contributed by atoms with Crippen molar-refractivity contribution >= 4 is 0 Å². The number of hydrogen-bond acceptors (Lipinski definition) is 1. The third-order valence-electron chi connectivity index (χ3n) is 3.76. The van der Waals surface area contributed by atoms with Gasteiger partial charge < -0.3 is 4.74 Å². The molecule has 1 aliphatic rings. The predicted octanol–water partition coefficient (Wildman–Crippen LogP) is 3.39.